The Morgan fingerprint density at radius 1 is 0.949 bits per heavy atom. The molecule has 2 N–H and O–H groups in total. The fraction of sp³-hybridized carbons (Fsp3) is 0.900. The second-order valence-electron chi connectivity index (χ2n) is 12.3. The summed E-state index contributed by atoms with van der Waals surface area (Å²) in [6, 6.07) is -0.266. The molecule has 1 saturated carbocycles. The fourth-order valence-corrected chi connectivity index (χ4v) is 5.25. The molecule has 1 saturated heterocycles. The predicted molar refractivity (Wildman–Crippen MR) is 152 cm³/mol. The monoisotopic (exact) mass is 553 g/mol. The minimum atomic E-state index is -0.835. The lowest BCUT2D eigenvalue weighted by Gasteiger charge is -2.44. The average Bonchev–Trinajstić information content (AvgIpc) is 2.88. The van der Waals surface area contributed by atoms with E-state index in [1.807, 2.05) is 25.7 Å². The summed E-state index contributed by atoms with van der Waals surface area (Å²) in [6.07, 6.45) is 11.0. The lowest BCUT2D eigenvalue weighted by molar-refractivity contribution is -0.304. The molecule has 39 heavy (non-hydrogen) atoms. The van der Waals surface area contributed by atoms with Crippen LogP contribution >= 0.6 is 0 Å². The summed E-state index contributed by atoms with van der Waals surface area (Å²) in [5.74, 6) is -1.46. The van der Waals surface area contributed by atoms with Crippen molar-refractivity contribution in [2.24, 2.45) is 5.41 Å². The number of unbranched alkanes of at least 4 members (excludes halogenated alkanes) is 6. The zero-order chi connectivity index (χ0) is 28.9. The first-order valence-corrected chi connectivity index (χ1v) is 15.3. The number of urea groups is 1. The van der Waals surface area contributed by atoms with Crippen molar-refractivity contribution >= 4 is 17.9 Å². The first kappa shape index (κ1) is 33.3. The first-order valence-electron chi connectivity index (χ1n) is 15.3. The number of ether oxygens (including phenoxy) is 3. The number of nitrogens with one attached hydrogen (secondary N) is 2. The normalized spacial score (nSPS) is 24.0. The maximum Gasteiger partial charge on any atom is 0.317 e. The maximum atomic E-state index is 13.0. The molecule has 2 rings (SSSR count). The van der Waals surface area contributed by atoms with Crippen LogP contribution in [0.1, 0.15) is 119 Å². The molecule has 0 radical (unpaired) electrons. The number of nitrogens with zero attached hydrogens (tertiary/aromatic N) is 1. The highest BCUT2D eigenvalue weighted by atomic mass is 16.7. The second-order valence-corrected chi connectivity index (χ2v) is 12.3. The van der Waals surface area contributed by atoms with E-state index in [0.717, 1.165) is 45.1 Å². The van der Waals surface area contributed by atoms with Crippen LogP contribution in [-0.4, -0.2) is 73.1 Å². The molecule has 3 amide bonds. The van der Waals surface area contributed by atoms with Crippen molar-refractivity contribution in [3.63, 3.8) is 0 Å². The molecule has 0 spiro atoms. The molecule has 226 valence electrons. The summed E-state index contributed by atoms with van der Waals surface area (Å²) in [7, 11) is 0. The van der Waals surface area contributed by atoms with Crippen LogP contribution in [0.5, 0.6) is 0 Å². The highest BCUT2D eigenvalue weighted by Gasteiger charge is 2.45. The fourth-order valence-electron chi connectivity index (χ4n) is 5.25. The molecule has 0 aromatic carbocycles. The lowest BCUT2D eigenvalue weighted by Crippen LogP contribution is -2.56. The highest BCUT2D eigenvalue weighted by Crippen LogP contribution is 2.34. The van der Waals surface area contributed by atoms with Crippen LogP contribution in [0.3, 0.4) is 0 Å². The second kappa shape index (κ2) is 16.4. The molecule has 2 fully saturated rings. The van der Waals surface area contributed by atoms with Gasteiger partial charge in [-0.15, -0.1) is 0 Å². The third kappa shape index (κ3) is 11.6. The molecular weight excluding hydrogens is 498 g/mol. The quantitative estimate of drug-likeness (QED) is 0.210. The maximum absolute atomic E-state index is 13.0. The van der Waals surface area contributed by atoms with Gasteiger partial charge >= 0.3 is 12.0 Å². The Kier molecular flexibility index (Phi) is 14.0. The van der Waals surface area contributed by atoms with Crippen LogP contribution < -0.4 is 10.6 Å². The van der Waals surface area contributed by atoms with E-state index >= 15 is 0 Å². The molecular formula is C30H55N3O6. The number of hydrogen-bond donors (Lipinski definition) is 2. The van der Waals surface area contributed by atoms with Gasteiger partial charge in [-0.05, 0) is 46.5 Å². The molecule has 1 heterocycles. The van der Waals surface area contributed by atoms with Crippen LogP contribution in [0.2, 0.25) is 0 Å². The van der Waals surface area contributed by atoms with Crippen molar-refractivity contribution < 1.29 is 28.6 Å². The Morgan fingerprint density at radius 2 is 1.62 bits per heavy atom. The van der Waals surface area contributed by atoms with Crippen molar-refractivity contribution in [1.29, 1.82) is 0 Å². The van der Waals surface area contributed by atoms with Gasteiger partial charge in [0.1, 0.15) is 12.2 Å². The Balaban J connectivity index is 1.76. The van der Waals surface area contributed by atoms with Crippen LogP contribution in [0.15, 0.2) is 0 Å². The van der Waals surface area contributed by atoms with Gasteiger partial charge in [0.2, 0.25) is 5.91 Å². The topological polar surface area (TPSA) is 106 Å². The van der Waals surface area contributed by atoms with E-state index in [2.05, 4.69) is 17.6 Å². The minimum Gasteiger partial charge on any atom is -0.460 e. The van der Waals surface area contributed by atoms with Gasteiger partial charge in [-0.3, -0.25) is 9.59 Å². The molecule has 1 aliphatic heterocycles. The SMILES string of the molecule is CCCCCCCCCN(CC)C(=O)NC1CCCCC1OC(=O)CCNC(=O)C1OC(C)(C)OCC1(C)C. The standard InChI is InChI=1S/C30H55N3O6/c1-7-9-10-11-12-13-16-21-33(8-2)28(36)32-23-17-14-15-18-24(23)38-25(34)19-20-31-27(35)26-29(3,4)22-37-30(5,6)39-26/h23-24,26H,7-22H2,1-6H3,(H,31,35)(H,32,36). The number of carbonyl (C=O) groups excluding carboxylic acids is 3. The van der Waals surface area contributed by atoms with Crippen molar-refractivity contribution in [3.8, 4) is 0 Å². The van der Waals surface area contributed by atoms with Crippen LogP contribution in [-0.2, 0) is 23.8 Å². The third-order valence-corrected chi connectivity index (χ3v) is 7.76. The van der Waals surface area contributed by atoms with E-state index in [1.54, 1.807) is 13.8 Å². The molecule has 1 aliphatic carbocycles. The van der Waals surface area contributed by atoms with Gasteiger partial charge in [-0.25, -0.2) is 4.79 Å². The van der Waals surface area contributed by atoms with Gasteiger partial charge in [0.25, 0.3) is 0 Å². The Hall–Kier alpha value is -1.87. The largest absolute Gasteiger partial charge is 0.460 e. The van der Waals surface area contributed by atoms with E-state index in [-0.39, 0.29) is 43.0 Å². The van der Waals surface area contributed by atoms with E-state index in [1.165, 1.54) is 32.1 Å². The Labute approximate surface area is 236 Å². The molecule has 0 aromatic rings. The first-order chi connectivity index (χ1) is 18.5. The van der Waals surface area contributed by atoms with Crippen LogP contribution in [0.25, 0.3) is 0 Å². The predicted octanol–water partition coefficient (Wildman–Crippen LogP) is 5.31. The van der Waals surface area contributed by atoms with Crippen molar-refractivity contribution in [3.05, 3.63) is 0 Å². The molecule has 3 unspecified atom stereocenters. The number of carbonyl (C=O) groups is 3. The molecule has 0 bridgehead atoms. The Morgan fingerprint density at radius 3 is 2.31 bits per heavy atom. The van der Waals surface area contributed by atoms with E-state index in [4.69, 9.17) is 14.2 Å². The minimum absolute atomic E-state index is 0.0648. The van der Waals surface area contributed by atoms with Gasteiger partial charge in [0, 0.05) is 25.0 Å². The summed E-state index contributed by atoms with van der Waals surface area (Å²) >= 11 is 0. The lowest BCUT2D eigenvalue weighted by atomic mass is 9.85. The number of hydrogen-bond acceptors (Lipinski definition) is 6. The van der Waals surface area contributed by atoms with E-state index < -0.39 is 17.3 Å². The summed E-state index contributed by atoms with van der Waals surface area (Å²) in [5.41, 5.74) is -0.478. The summed E-state index contributed by atoms with van der Waals surface area (Å²) in [5, 5.41) is 5.96. The van der Waals surface area contributed by atoms with Gasteiger partial charge in [0.15, 0.2) is 5.79 Å². The zero-order valence-electron chi connectivity index (χ0n) is 25.4. The number of esters is 1. The van der Waals surface area contributed by atoms with Crippen LogP contribution in [0.4, 0.5) is 4.79 Å². The smallest absolute Gasteiger partial charge is 0.317 e. The van der Waals surface area contributed by atoms with Crippen molar-refractivity contribution in [2.75, 3.05) is 26.2 Å². The summed E-state index contributed by atoms with van der Waals surface area (Å²) in [4.78, 5) is 40.3. The van der Waals surface area contributed by atoms with Crippen molar-refractivity contribution in [2.45, 2.75) is 143 Å². The van der Waals surface area contributed by atoms with E-state index in [0.29, 0.717) is 13.2 Å². The molecule has 9 nitrogen and oxygen atoms in total. The number of amides is 3. The Bertz CT molecular complexity index is 772. The highest BCUT2D eigenvalue weighted by molar-refractivity contribution is 5.82. The molecule has 9 heteroatoms. The molecule has 2 aliphatic rings. The summed E-state index contributed by atoms with van der Waals surface area (Å²) < 4.78 is 17.3. The van der Waals surface area contributed by atoms with Crippen molar-refractivity contribution in [1.82, 2.24) is 15.5 Å². The molecule has 3 atom stereocenters. The van der Waals surface area contributed by atoms with Gasteiger partial charge in [-0.2, -0.15) is 0 Å². The average molecular weight is 554 g/mol. The summed E-state index contributed by atoms with van der Waals surface area (Å²) in [6.45, 7) is 13.6. The molecule has 0 aromatic heterocycles. The number of rotatable bonds is 15. The third-order valence-electron chi connectivity index (χ3n) is 7.76. The van der Waals surface area contributed by atoms with Crippen LogP contribution in [0, 0.1) is 5.41 Å². The van der Waals surface area contributed by atoms with Gasteiger partial charge in [-0.1, -0.05) is 65.7 Å². The van der Waals surface area contributed by atoms with E-state index in [9.17, 15) is 14.4 Å². The van der Waals surface area contributed by atoms with Gasteiger partial charge < -0.3 is 29.7 Å². The zero-order valence-corrected chi connectivity index (χ0v) is 25.4. The van der Waals surface area contributed by atoms with Gasteiger partial charge in [0.05, 0.1) is 19.1 Å².